The summed E-state index contributed by atoms with van der Waals surface area (Å²) in [4.78, 5) is 11.3. The summed E-state index contributed by atoms with van der Waals surface area (Å²) >= 11 is 0. The molecule has 1 fully saturated rings. The predicted octanol–water partition coefficient (Wildman–Crippen LogP) is 1.10. The van der Waals surface area contributed by atoms with Gasteiger partial charge in [-0.15, -0.1) is 0 Å². The van der Waals surface area contributed by atoms with Crippen LogP contribution in [0.25, 0.3) is 0 Å². The van der Waals surface area contributed by atoms with Gasteiger partial charge in [0.25, 0.3) is 0 Å². The Morgan fingerprint density at radius 2 is 2.04 bits per heavy atom. The molecular weight excluding hydrogens is 340 g/mol. The van der Waals surface area contributed by atoms with Crippen LogP contribution in [0.15, 0.2) is 47.7 Å². The quantitative estimate of drug-likeness (QED) is 0.393. The zero-order chi connectivity index (χ0) is 18.7. The van der Waals surface area contributed by atoms with Crippen molar-refractivity contribution in [1.82, 2.24) is 19.8 Å². The molecule has 3 rings (SSSR count). The minimum Gasteiger partial charge on any atom is -0.379 e. The average molecular weight is 371 g/mol. The summed E-state index contributed by atoms with van der Waals surface area (Å²) in [5.41, 5.74) is 7.24. The lowest BCUT2D eigenvalue weighted by atomic mass is 10.2. The number of morpholine rings is 1. The number of rotatable bonds is 9. The van der Waals surface area contributed by atoms with Crippen molar-refractivity contribution in [3.63, 3.8) is 0 Å². The minimum absolute atomic E-state index is 0.512. The molecule has 1 aliphatic heterocycles. The SMILES string of the molecule is NC(=NCCCN1CCOCC1)NCCc1nccn1Cc1ccccc1. The standard InChI is InChI=1S/C20H30N6O/c21-20(23-8-4-11-25-13-15-27-16-14-25)24-9-7-19-22-10-12-26(19)17-18-5-2-1-3-6-18/h1-3,5-6,10,12H,4,7-9,11,13-17H2,(H3,21,23,24). The number of imidazole rings is 1. The van der Waals surface area contributed by atoms with Gasteiger partial charge in [0.15, 0.2) is 5.96 Å². The molecule has 27 heavy (non-hydrogen) atoms. The third-order valence-corrected chi connectivity index (χ3v) is 4.67. The number of nitrogens with two attached hydrogens (primary N) is 1. The van der Waals surface area contributed by atoms with Crippen molar-refractivity contribution < 1.29 is 4.74 Å². The van der Waals surface area contributed by atoms with Gasteiger partial charge in [0.05, 0.1) is 13.2 Å². The summed E-state index contributed by atoms with van der Waals surface area (Å²) in [5, 5.41) is 3.19. The van der Waals surface area contributed by atoms with Crippen LogP contribution in [0, 0.1) is 0 Å². The molecule has 0 saturated carbocycles. The normalized spacial score (nSPS) is 15.8. The second kappa shape index (κ2) is 10.7. The highest BCUT2D eigenvalue weighted by molar-refractivity contribution is 5.77. The molecule has 1 aliphatic rings. The fourth-order valence-corrected chi connectivity index (χ4v) is 3.17. The minimum atomic E-state index is 0.512. The van der Waals surface area contributed by atoms with Crippen molar-refractivity contribution >= 4 is 5.96 Å². The van der Waals surface area contributed by atoms with Crippen LogP contribution in [0.5, 0.6) is 0 Å². The van der Waals surface area contributed by atoms with Crippen LogP contribution < -0.4 is 11.1 Å². The van der Waals surface area contributed by atoms with Crippen LogP contribution in [0.2, 0.25) is 0 Å². The first-order chi connectivity index (χ1) is 13.3. The number of aliphatic imine (C=N–C) groups is 1. The van der Waals surface area contributed by atoms with E-state index in [9.17, 15) is 0 Å². The molecule has 2 heterocycles. The molecule has 0 bridgehead atoms. The van der Waals surface area contributed by atoms with Crippen molar-refractivity contribution in [3.8, 4) is 0 Å². The Labute approximate surface area is 161 Å². The molecule has 0 aliphatic carbocycles. The van der Waals surface area contributed by atoms with Crippen molar-refractivity contribution in [3.05, 3.63) is 54.1 Å². The first-order valence-electron chi connectivity index (χ1n) is 9.69. The summed E-state index contributed by atoms with van der Waals surface area (Å²) in [5.74, 6) is 1.56. The third kappa shape index (κ3) is 6.69. The summed E-state index contributed by atoms with van der Waals surface area (Å²) in [7, 11) is 0. The molecule has 3 N–H and O–H groups in total. The van der Waals surface area contributed by atoms with Crippen molar-refractivity contribution in [2.75, 3.05) is 45.9 Å². The van der Waals surface area contributed by atoms with Gasteiger partial charge in [0.1, 0.15) is 5.82 Å². The Hall–Kier alpha value is -2.38. The highest BCUT2D eigenvalue weighted by Crippen LogP contribution is 2.05. The monoisotopic (exact) mass is 370 g/mol. The molecule has 7 nitrogen and oxygen atoms in total. The number of hydrogen-bond acceptors (Lipinski definition) is 4. The molecular formula is C20H30N6O. The van der Waals surface area contributed by atoms with Crippen LogP contribution in [0.1, 0.15) is 17.8 Å². The average Bonchev–Trinajstić information content (AvgIpc) is 3.14. The molecule has 2 aromatic rings. The first kappa shape index (κ1) is 19.4. The Kier molecular flexibility index (Phi) is 7.68. The van der Waals surface area contributed by atoms with Gasteiger partial charge in [0.2, 0.25) is 0 Å². The van der Waals surface area contributed by atoms with Gasteiger partial charge in [-0.3, -0.25) is 9.89 Å². The molecule has 0 unspecified atom stereocenters. The second-order valence-electron chi connectivity index (χ2n) is 6.71. The van der Waals surface area contributed by atoms with Gasteiger partial charge in [0, 0.05) is 58.1 Å². The van der Waals surface area contributed by atoms with E-state index < -0.39 is 0 Å². The molecule has 0 amide bonds. The van der Waals surface area contributed by atoms with Gasteiger partial charge in [-0.25, -0.2) is 4.98 Å². The maximum absolute atomic E-state index is 5.97. The topological polar surface area (TPSA) is 80.7 Å². The fraction of sp³-hybridized carbons (Fsp3) is 0.500. The van der Waals surface area contributed by atoms with Crippen LogP contribution in [-0.4, -0.2) is 66.3 Å². The number of nitrogens with one attached hydrogen (secondary N) is 1. The molecule has 0 spiro atoms. The summed E-state index contributed by atoms with van der Waals surface area (Å²) < 4.78 is 7.53. The molecule has 1 saturated heterocycles. The molecule has 0 radical (unpaired) electrons. The van der Waals surface area contributed by atoms with Crippen molar-refractivity contribution in [2.24, 2.45) is 10.7 Å². The number of guanidine groups is 1. The number of aromatic nitrogens is 2. The van der Waals surface area contributed by atoms with Crippen LogP contribution in [0.4, 0.5) is 0 Å². The van der Waals surface area contributed by atoms with Crippen LogP contribution in [-0.2, 0) is 17.7 Å². The summed E-state index contributed by atoms with van der Waals surface area (Å²) in [6.07, 6.45) is 5.69. The maximum Gasteiger partial charge on any atom is 0.188 e. The van der Waals surface area contributed by atoms with E-state index in [1.807, 2.05) is 18.5 Å². The molecule has 7 heteroatoms. The van der Waals surface area contributed by atoms with Crippen LogP contribution >= 0.6 is 0 Å². The van der Waals surface area contributed by atoms with E-state index in [0.29, 0.717) is 5.96 Å². The zero-order valence-electron chi connectivity index (χ0n) is 15.9. The number of nitrogens with zero attached hydrogens (tertiary/aromatic N) is 4. The Morgan fingerprint density at radius 1 is 1.22 bits per heavy atom. The van der Waals surface area contributed by atoms with Gasteiger partial charge < -0.3 is 20.4 Å². The summed E-state index contributed by atoms with van der Waals surface area (Å²) in [6, 6.07) is 10.4. The Balaban J connectivity index is 1.35. The van der Waals surface area contributed by atoms with E-state index in [1.54, 1.807) is 0 Å². The first-order valence-corrected chi connectivity index (χ1v) is 9.69. The van der Waals surface area contributed by atoms with E-state index in [2.05, 4.69) is 49.0 Å². The molecule has 1 aromatic heterocycles. The second-order valence-corrected chi connectivity index (χ2v) is 6.71. The maximum atomic E-state index is 5.97. The van der Waals surface area contributed by atoms with Crippen molar-refractivity contribution in [1.29, 1.82) is 0 Å². The van der Waals surface area contributed by atoms with Gasteiger partial charge in [-0.1, -0.05) is 30.3 Å². The largest absolute Gasteiger partial charge is 0.379 e. The van der Waals surface area contributed by atoms with Crippen molar-refractivity contribution in [2.45, 2.75) is 19.4 Å². The lowest BCUT2D eigenvalue weighted by Crippen LogP contribution is -2.37. The number of hydrogen-bond donors (Lipinski definition) is 2. The number of ether oxygens (including phenoxy) is 1. The van der Waals surface area contributed by atoms with E-state index in [0.717, 1.165) is 71.1 Å². The van der Waals surface area contributed by atoms with E-state index in [4.69, 9.17) is 10.5 Å². The van der Waals surface area contributed by atoms with E-state index in [-0.39, 0.29) is 0 Å². The lowest BCUT2D eigenvalue weighted by Gasteiger charge is -2.26. The van der Waals surface area contributed by atoms with Gasteiger partial charge in [-0.05, 0) is 12.0 Å². The third-order valence-electron chi connectivity index (χ3n) is 4.67. The zero-order valence-corrected chi connectivity index (χ0v) is 15.9. The van der Waals surface area contributed by atoms with E-state index >= 15 is 0 Å². The van der Waals surface area contributed by atoms with Gasteiger partial charge in [-0.2, -0.15) is 0 Å². The molecule has 146 valence electrons. The smallest absolute Gasteiger partial charge is 0.188 e. The predicted molar refractivity (Wildman–Crippen MR) is 108 cm³/mol. The molecule has 0 atom stereocenters. The Morgan fingerprint density at radius 3 is 2.85 bits per heavy atom. The fourth-order valence-electron chi connectivity index (χ4n) is 3.17. The highest BCUT2D eigenvalue weighted by Gasteiger charge is 2.09. The lowest BCUT2D eigenvalue weighted by molar-refractivity contribution is 0.0377. The van der Waals surface area contributed by atoms with Gasteiger partial charge >= 0.3 is 0 Å². The Bertz CT molecular complexity index is 694. The molecule has 1 aromatic carbocycles. The number of benzene rings is 1. The highest BCUT2D eigenvalue weighted by atomic mass is 16.5. The van der Waals surface area contributed by atoms with E-state index in [1.165, 1.54) is 5.56 Å². The van der Waals surface area contributed by atoms with Crippen LogP contribution in [0.3, 0.4) is 0 Å². The summed E-state index contributed by atoms with van der Waals surface area (Å²) in [6.45, 7) is 7.09.